The Labute approximate surface area is 86.2 Å². The van der Waals surface area contributed by atoms with Gasteiger partial charge in [-0.3, -0.25) is 4.79 Å². The highest BCUT2D eigenvalue weighted by atomic mass is 16.5. The first-order chi connectivity index (χ1) is 6.63. The summed E-state index contributed by atoms with van der Waals surface area (Å²) in [6, 6.07) is 0.323. The van der Waals surface area contributed by atoms with E-state index in [1.165, 1.54) is 13.5 Å². The Hall–Kier alpha value is -0.570. The summed E-state index contributed by atoms with van der Waals surface area (Å²) in [7, 11) is 1.45. The summed E-state index contributed by atoms with van der Waals surface area (Å²) in [5.41, 5.74) is 0. The highest BCUT2D eigenvalue weighted by molar-refractivity contribution is 5.69. The average Bonchev–Trinajstić information content (AvgIpc) is 2.18. The van der Waals surface area contributed by atoms with Crippen LogP contribution in [0.4, 0.5) is 0 Å². The molecule has 0 aliphatic carbocycles. The van der Waals surface area contributed by atoms with Gasteiger partial charge in [0.2, 0.25) is 0 Å². The first-order valence-corrected chi connectivity index (χ1v) is 5.43. The van der Waals surface area contributed by atoms with E-state index in [1.54, 1.807) is 0 Å². The van der Waals surface area contributed by atoms with Crippen molar-refractivity contribution in [2.24, 2.45) is 11.8 Å². The molecule has 0 saturated carbocycles. The molecule has 0 amide bonds. The van der Waals surface area contributed by atoms with Crippen LogP contribution in [-0.4, -0.2) is 25.7 Å². The fourth-order valence-corrected chi connectivity index (χ4v) is 2.09. The Bertz CT molecular complexity index is 192. The number of nitrogens with one attached hydrogen (secondary N) is 1. The van der Waals surface area contributed by atoms with Crippen LogP contribution in [0.3, 0.4) is 0 Å². The van der Waals surface area contributed by atoms with Crippen molar-refractivity contribution in [2.75, 3.05) is 13.7 Å². The number of carbonyl (C=O) groups excluding carboxylic acids is 1. The Morgan fingerprint density at radius 3 is 2.86 bits per heavy atom. The molecule has 3 heteroatoms. The van der Waals surface area contributed by atoms with Gasteiger partial charge in [-0.25, -0.2) is 0 Å². The number of piperidine rings is 1. The van der Waals surface area contributed by atoms with E-state index in [0.717, 1.165) is 24.8 Å². The number of hydrogen-bond acceptors (Lipinski definition) is 3. The topological polar surface area (TPSA) is 38.3 Å². The fourth-order valence-electron chi connectivity index (χ4n) is 2.09. The predicted octanol–water partition coefficient (Wildman–Crippen LogP) is 1.57. The van der Waals surface area contributed by atoms with Crippen molar-refractivity contribution < 1.29 is 9.53 Å². The zero-order valence-electron chi connectivity index (χ0n) is 9.38. The van der Waals surface area contributed by atoms with Crippen LogP contribution in [0.1, 0.15) is 33.1 Å². The van der Waals surface area contributed by atoms with E-state index in [-0.39, 0.29) is 5.97 Å². The molecule has 0 aromatic carbocycles. The van der Waals surface area contributed by atoms with Crippen molar-refractivity contribution in [2.45, 2.75) is 39.2 Å². The number of methoxy groups -OCH3 is 1. The van der Waals surface area contributed by atoms with Crippen LogP contribution in [0, 0.1) is 11.8 Å². The minimum absolute atomic E-state index is 0.105. The monoisotopic (exact) mass is 199 g/mol. The van der Waals surface area contributed by atoms with Crippen LogP contribution in [0.15, 0.2) is 0 Å². The highest BCUT2D eigenvalue weighted by Crippen LogP contribution is 2.25. The molecule has 1 aliphatic heterocycles. The molecule has 3 nitrogen and oxygen atoms in total. The van der Waals surface area contributed by atoms with Gasteiger partial charge in [-0.2, -0.15) is 0 Å². The second-order valence-electron chi connectivity index (χ2n) is 4.46. The van der Waals surface area contributed by atoms with Crippen LogP contribution in [0.5, 0.6) is 0 Å². The van der Waals surface area contributed by atoms with Crippen LogP contribution >= 0.6 is 0 Å². The van der Waals surface area contributed by atoms with Gasteiger partial charge in [-0.15, -0.1) is 0 Å². The van der Waals surface area contributed by atoms with E-state index in [9.17, 15) is 4.79 Å². The van der Waals surface area contributed by atoms with Gasteiger partial charge in [0, 0.05) is 6.04 Å². The zero-order chi connectivity index (χ0) is 10.6. The first-order valence-electron chi connectivity index (χ1n) is 5.43. The van der Waals surface area contributed by atoms with Crippen LogP contribution < -0.4 is 5.32 Å². The van der Waals surface area contributed by atoms with Crippen molar-refractivity contribution in [1.29, 1.82) is 0 Å². The zero-order valence-corrected chi connectivity index (χ0v) is 9.38. The molecule has 0 spiro atoms. The summed E-state index contributed by atoms with van der Waals surface area (Å²) in [6.45, 7) is 5.54. The quantitative estimate of drug-likeness (QED) is 0.701. The highest BCUT2D eigenvalue weighted by Gasteiger charge is 2.25. The van der Waals surface area contributed by atoms with Gasteiger partial charge in [0.25, 0.3) is 0 Å². The number of ether oxygens (including phenoxy) is 1. The molecule has 1 aliphatic rings. The maximum atomic E-state index is 11.1. The predicted molar refractivity (Wildman–Crippen MR) is 56.0 cm³/mol. The first kappa shape index (κ1) is 11.5. The van der Waals surface area contributed by atoms with Crippen molar-refractivity contribution in [1.82, 2.24) is 5.32 Å². The Morgan fingerprint density at radius 1 is 1.57 bits per heavy atom. The SMILES string of the molecule is COC(=O)CC1CC(C(C)C)CCN1. The smallest absolute Gasteiger partial charge is 0.307 e. The molecule has 2 atom stereocenters. The van der Waals surface area contributed by atoms with Gasteiger partial charge in [-0.1, -0.05) is 13.8 Å². The molecular weight excluding hydrogens is 178 g/mol. The lowest BCUT2D eigenvalue weighted by atomic mass is 9.83. The molecule has 14 heavy (non-hydrogen) atoms. The van der Waals surface area contributed by atoms with Crippen LogP contribution in [0.2, 0.25) is 0 Å². The van der Waals surface area contributed by atoms with E-state index >= 15 is 0 Å². The number of rotatable bonds is 3. The van der Waals surface area contributed by atoms with Gasteiger partial charge in [0.15, 0.2) is 0 Å². The van der Waals surface area contributed by atoms with Crippen molar-refractivity contribution in [3.63, 3.8) is 0 Å². The molecule has 1 saturated heterocycles. The standard InChI is InChI=1S/C11H21NO2/c1-8(2)9-4-5-12-10(6-9)7-11(13)14-3/h8-10,12H,4-7H2,1-3H3. The molecule has 0 aromatic rings. The number of esters is 1. The summed E-state index contributed by atoms with van der Waals surface area (Å²) in [6.07, 6.45) is 2.85. The Kier molecular flexibility index (Phi) is 4.39. The maximum absolute atomic E-state index is 11.1. The second-order valence-corrected chi connectivity index (χ2v) is 4.46. The number of hydrogen-bond donors (Lipinski definition) is 1. The molecule has 0 bridgehead atoms. The van der Waals surface area contributed by atoms with E-state index in [0.29, 0.717) is 12.5 Å². The van der Waals surface area contributed by atoms with Gasteiger partial charge >= 0.3 is 5.97 Å². The van der Waals surface area contributed by atoms with Gasteiger partial charge < -0.3 is 10.1 Å². The summed E-state index contributed by atoms with van der Waals surface area (Å²) < 4.78 is 4.67. The Balaban J connectivity index is 2.36. The molecular formula is C11H21NO2. The van der Waals surface area contributed by atoms with E-state index in [1.807, 2.05) is 0 Å². The fraction of sp³-hybridized carbons (Fsp3) is 0.909. The van der Waals surface area contributed by atoms with E-state index in [4.69, 9.17) is 0 Å². The van der Waals surface area contributed by atoms with Gasteiger partial charge in [0.1, 0.15) is 0 Å². The molecule has 1 N–H and O–H groups in total. The minimum Gasteiger partial charge on any atom is -0.469 e. The molecule has 0 aromatic heterocycles. The molecule has 1 heterocycles. The van der Waals surface area contributed by atoms with Crippen LogP contribution in [0.25, 0.3) is 0 Å². The third-order valence-corrected chi connectivity index (χ3v) is 3.12. The molecule has 0 radical (unpaired) electrons. The number of carbonyl (C=O) groups is 1. The summed E-state index contributed by atoms with van der Waals surface area (Å²) in [5, 5.41) is 3.37. The lowest BCUT2D eigenvalue weighted by molar-refractivity contribution is -0.141. The van der Waals surface area contributed by atoms with Crippen molar-refractivity contribution in [3.8, 4) is 0 Å². The third kappa shape index (κ3) is 3.29. The van der Waals surface area contributed by atoms with Gasteiger partial charge in [0.05, 0.1) is 13.5 Å². The molecule has 1 rings (SSSR count). The lowest BCUT2D eigenvalue weighted by Crippen LogP contribution is -2.40. The van der Waals surface area contributed by atoms with Crippen LogP contribution in [-0.2, 0) is 9.53 Å². The third-order valence-electron chi connectivity index (χ3n) is 3.12. The summed E-state index contributed by atoms with van der Waals surface area (Å²) in [5.74, 6) is 1.37. The van der Waals surface area contributed by atoms with Crippen molar-refractivity contribution in [3.05, 3.63) is 0 Å². The molecule has 1 fully saturated rings. The minimum atomic E-state index is -0.105. The van der Waals surface area contributed by atoms with E-state index < -0.39 is 0 Å². The largest absolute Gasteiger partial charge is 0.469 e. The molecule has 2 unspecified atom stereocenters. The second kappa shape index (κ2) is 5.35. The summed E-state index contributed by atoms with van der Waals surface area (Å²) in [4.78, 5) is 11.1. The summed E-state index contributed by atoms with van der Waals surface area (Å²) >= 11 is 0. The lowest BCUT2D eigenvalue weighted by Gasteiger charge is -2.32. The average molecular weight is 199 g/mol. The van der Waals surface area contributed by atoms with Gasteiger partial charge in [-0.05, 0) is 31.2 Å². The Morgan fingerprint density at radius 2 is 2.29 bits per heavy atom. The molecule has 82 valence electrons. The normalized spacial score (nSPS) is 27.7. The maximum Gasteiger partial charge on any atom is 0.307 e. The van der Waals surface area contributed by atoms with Crippen molar-refractivity contribution >= 4 is 5.97 Å². The van der Waals surface area contributed by atoms with E-state index in [2.05, 4.69) is 23.9 Å².